The highest BCUT2D eigenvalue weighted by Crippen LogP contribution is 2.37. The second kappa shape index (κ2) is 3.32. The van der Waals surface area contributed by atoms with Gasteiger partial charge in [-0.15, -0.1) is 0 Å². The lowest BCUT2D eigenvalue weighted by atomic mass is 9.85. The van der Waals surface area contributed by atoms with Crippen molar-refractivity contribution in [1.82, 2.24) is 9.55 Å². The van der Waals surface area contributed by atoms with Crippen LogP contribution in [0.3, 0.4) is 0 Å². The standard InChI is InChI=1S/C12H11ClN2O/c1-7-5-15-11-8(9(7)6-16)3-2-4-10(11)14-12(15)13/h2-4,6-7,9H,5H2,1H3. The summed E-state index contributed by atoms with van der Waals surface area (Å²) >= 11 is 6.09. The van der Waals surface area contributed by atoms with Gasteiger partial charge in [-0.2, -0.15) is 0 Å². The Morgan fingerprint density at radius 1 is 1.56 bits per heavy atom. The molecule has 1 aromatic carbocycles. The van der Waals surface area contributed by atoms with Crippen molar-refractivity contribution in [2.45, 2.75) is 19.4 Å². The second-order valence-electron chi connectivity index (χ2n) is 4.35. The minimum absolute atomic E-state index is 0.0380. The molecular formula is C12H11ClN2O. The molecule has 0 bridgehead atoms. The normalized spacial score (nSPS) is 23.6. The molecule has 3 nitrogen and oxygen atoms in total. The van der Waals surface area contributed by atoms with Crippen molar-refractivity contribution in [3.05, 3.63) is 29.0 Å². The molecule has 1 aliphatic heterocycles. The Bertz CT molecular complexity index is 576. The van der Waals surface area contributed by atoms with Gasteiger partial charge in [0.25, 0.3) is 0 Å². The molecule has 0 saturated heterocycles. The van der Waals surface area contributed by atoms with E-state index in [1.54, 1.807) is 0 Å². The van der Waals surface area contributed by atoms with E-state index in [0.717, 1.165) is 29.4 Å². The molecular weight excluding hydrogens is 224 g/mol. The van der Waals surface area contributed by atoms with Crippen molar-refractivity contribution in [3.8, 4) is 0 Å². The molecule has 0 aliphatic carbocycles. The van der Waals surface area contributed by atoms with Crippen molar-refractivity contribution >= 4 is 28.9 Å². The lowest BCUT2D eigenvalue weighted by molar-refractivity contribution is -0.110. The number of aldehydes is 1. The molecule has 0 fully saturated rings. The van der Waals surface area contributed by atoms with Crippen LogP contribution >= 0.6 is 11.6 Å². The highest BCUT2D eigenvalue weighted by Gasteiger charge is 2.29. The van der Waals surface area contributed by atoms with Crippen LogP contribution in [0, 0.1) is 5.92 Å². The zero-order chi connectivity index (χ0) is 11.3. The molecule has 0 N–H and O–H groups in total. The fourth-order valence-electron chi connectivity index (χ4n) is 2.54. The molecule has 2 aromatic rings. The Labute approximate surface area is 98.0 Å². The molecule has 2 heterocycles. The summed E-state index contributed by atoms with van der Waals surface area (Å²) in [6.45, 7) is 2.83. The summed E-state index contributed by atoms with van der Waals surface area (Å²) in [5, 5.41) is 0.513. The third-order valence-electron chi connectivity index (χ3n) is 3.34. The summed E-state index contributed by atoms with van der Waals surface area (Å²) in [5.74, 6) is 0.228. The topological polar surface area (TPSA) is 34.9 Å². The minimum atomic E-state index is -0.0380. The summed E-state index contributed by atoms with van der Waals surface area (Å²) < 4.78 is 2.00. The van der Waals surface area contributed by atoms with Gasteiger partial charge >= 0.3 is 0 Å². The number of carbonyl (C=O) groups is 1. The molecule has 1 aliphatic rings. The molecule has 82 valence electrons. The fraction of sp³-hybridized carbons (Fsp3) is 0.333. The van der Waals surface area contributed by atoms with E-state index in [4.69, 9.17) is 11.6 Å². The van der Waals surface area contributed by atoms with E-state index in [2.05, 4.69) is 11.9 Å². The maximum absolute atomic E-state index is 11.2. The average molecular weight is 235 g/mol. The first-order valence-electron chi connectivity index (χ1n) is 5.32. The third-order valence-corrected chi connectivity index (χ3v) is 3.63. The van der Waals surface area contributed by atoms with Crippen LogP contribution in [-0.4, -0.2) is 15.8 Å². The van der Waals surface area contributed by atoms with Gasteiger partial charge in [0.05, 0.1) is 11.0 Å². The van der Waals surface area contributed by atoms with Gasteiger partial charge in [0.2, 0.25) is 5.28 Å². The predicted octanol–water partition coefficient (Wildman–Crippen LogP) is 2.62. The van der Waals surface area contributed by atoms with E-state index in [1.165, 1.54) is 0 Å². The van der Waals surface area contributed by atoms with E-state index in [-0.39, 0.29) is 11.8 Å². The Morgan fingerprint density at radius 2 is 2.38 bits per heavy atom. The molecule has 3 rings (SSSR count). The van der Waals surface area contributed by atoms with Gasteiger partial charge in [0.15, 0.2) is 0 Å². The first-order valence-corrected chi connectivity index (χ1v) is 5.70. The molecule has 1 aromatic heterocycles. The predicted molar refractivity (Wildman–Crippen MR) is 62.7 cm³/mol. The van der Waals surface area contributed by atoms with Crippen molar-refractivity contribution in [2.75, 3.05) is 0 Å². The quantitative estimate of drug-likeness (QED) is 0.711. The van der Waals surface area contributed by atoms with Crippen LogP contribution in [0.25, 0.3) is 11.0 Å². The summed E-state index contributed by atoms with van der Waals surface area (Å²) in [7, 11) is 0. The van der Waals surface area contributed by atoms with Gasteiger partial charge in [-0.3, -0.25) is 0 Å². The van der Waals surface area contributed by atoms with Crippen LogP contribution in [0.2, 0.25) is 5.28 Å². The lowest BCUT2D eigenvalue weighted by Crippen LogP contribution is -2.23. The van der Waals surface area contributed by atoms with E-state index < -0.39 is 0 Å². The molecule has 0 amide bonds. The van der Waals surface area contributed by atoms with Crippen LogP contribution in [-0.2, 0) is 11.3 Å². The summed E-state index contributed by atoms with van der Waals surface area (Å²) in [4.78, 5) is 15.5. The number of nitrogens with zero attached hydrogens (tertiary/aromatic N) is 2. The maximum atomic E-state index is 11.2. The number of hydrogen-bond acceptors (Lipinski definition) is 2. The van der Waals surface area contributed by atoms with E-state index in [9.17, 15) is 4.79 Å². The number of halogens is 1. The highest BCUT2D eigenvalue weighted by atomic mass is 35.5. The van der Waals surface area contributed by atoms with Crippen LogP contribution in [0.15, 0.2) is 18.2 Å². The smallest absolute Gasteiger partial charge is 0.203 e. The zero-order valence-corrected chi connectivity index (χ0v) is 9.61. The number of aromatic nitrogens is 2. The van der Waals surface area contributed by atoms with E-state index in [0.29, 0.717) is 5.28 Å². The maximum Gasteiger partial charge on any atom is 0.203 e. The van der Waals surface area contributed by atoms with Crippen LogP contribution in [0.5, 0.6) is 0 Å². The molecule has 0 saturated carbocycles. The van der Waals surface area contributed by atoms with Crippen LogP contribution < -0.4 is 0 Å². The molecule has 16 heavy (non-hydrogen) atoms. The number of rotatable bonds is 1. The van der Waals surface area contributed by atoms with Crippen molar-refractivity contribution < 1.29 is 4.79 Å². The van der Waals surface area contributed by atoms with Crippen molar-refractivity contribution in [1.29, 1.82) is 0 Å². The van der Waals surface area contributed by atoms with Crippen LogP contribution in [0.1, 0.15) is 18.4 Å². The molecule has 4 heteroatoms. The Balaban J connectivity index is 2.39. The molecule has 2 atom stereocenters. The van der Waals surface area contributed by atoms with Gasteiger partial charge in [0, 0.05) is 12.5 Å². The Hall–Kier alpha value is -1.35. The largest absolute Gasteiger partial charge is 0.314 e. The third kappa shape index (κ3) is 1.15. The van der Waals surface area contributed by atoms with Crippen LogP contribution in [0.4, 0.5) is 0 Å². The number of para-hydroxylation sites is 1. The van der Waals surface area contributed by atoms with E-state index >= 15 is 0 Å². The van der Waals surface area contributed by atoms with Crippen molar-refractivity contribution in [2.24, 2.45) is 5.92 Å². The van der Waals surface area contributed by atoms with E-state index in [1.807, 2.05) is 22.8 Å². The highest BCUT2D eigenvalue weighted by molar-refractivity contribution is 6.29. The first-order chi connectivity index (χ1) is 7.72. The SMILES string of the molecule is CC1Cn2c(Cl)nc3cccc(c32)C1C=O. The number of carbonyl (C=O) groups excluding carboxylic acids is 1. The second-order valence-corrected chi connectivity index (χ2v) is 4.68. The van der Waals surface area contributed by atoms with Gasteiger partial charge in [-0.25, -0.2) is 4.98 Å². The fourth-order valence-corrected chi connectivity index (χ4v) is 2.78. The molecule has 2 unspecified atom stereocenters. The lowest BCUT2D eigenvalue weighted by Gasteiger charge is -2.26. The minimum Gasteiger partial charge on any atom is -0.314 e. The van der Waals surface area contributed by atoms with Gasteiger partial charge < -0.3 is 9.36 Å². The summed E-state index contributed by atoms with van der Waals surface area (Å²) in [6.07, 6.45) is 1.03. The number of benzene rings is 1. The summed E-state index contributed by atoms with van der Waals surface area (Å²) in [5.41, 5.74) is 2.94. The average Bonchev–Trinajstić information content (AvgIpc) is 2.58. The summed E-state index contributed by atoms with van der Waals surface area (Å²) in [6, 6.07) is 5.85. The number of hydrogen-bond donors (Lipinski definition) is 0. The van der Waals surface area contributed by atoms with Gasteiger partial charge in [-0.1, -0.05) is 19.1 Å². The van der Waals surface area contributed by atoms with Gasteiger partial charge in [0.1, 0.15) is 6.29 Å². The Morgan fingerprint density at radius 3 is 3.12 bits per heavy atom. The van der Waals surface area contributed by atoms with Crippen molar-refractivity contribution in [3.63, 3.8) is 0 Å². The number of imidazole rings is 1. The first kappa shape index (κ1) is 9.85. The zero-order valence-electron chi connectivity index (χ0n) is 8.85. The molecule has 0 radical (unpaired) electrons. The Kier molecular flexibility index (Phi) is 2.04. The monoisotopic (exact) mass is 234 g/mol. The molecule has 0 spiro atoms. The van der Waals surface area contributed by atoms with Gasteiger partial charge in [-0.05, 0) is 29.1 Å².